The average molecular weight is 597 g/mol. The van der Waals surface area contributed by atoms with E-state index in [1.165, 1.54) is 6.07 Å². The van der Waals surface area contributed by atoms with Crippen molar-refractivity contribution in [1.82, 2.24) is 4.98 Å². The number of ether oxygens (including phenoxy) is 1. The number of hydrogen-bond donors (Lipinski definition) is 2. The van der Waals surface area contributed by atoms with Crippen molar-refractivity contribution >= 4 is 34.8 Å². The summed E-state index contributed by atoms with van der Waals surface area (Å²) in [7, 11) is 0. The first kappa shape index (κ1) is 31.5. The molecule has 11 heteroatoms. The number of halogens is 3. The van der Waals surface area contributed by atoms with Crippen molar-refractivity contribution in [2.75, 3.05) is 28.6 Å². The van der Waals surface area contributed by atoms with Crippen LogP contribution < -0.4 is 15.5 Å². The second kappa shape index (κ2) is 12.4. The van der Waals surface area contributed by atoms with Gasteiger partial charge in [0, 0.05) is 30.0 Å². The van der Waals surface area contributed by atoms with Gasteiger partial charge in [0.1, 0.15) is 5.60 Å². The second-order valence-electron chi connectivity index (χ2n) is 11.6. The molecule has 8 nitrogen and oxygen atoms in total. The van der Waals surface area contributed by atoms with Crippen LogP contribution in [0.1, 0.15) is 67.3 Å². The largest absolute Gasteiger partial charge is 0.444 e. The van der Waals surface area contributed by atoms with Gasteiger partial charge < -0.3 is 15.0 Å². The molecule has 1 saturated heterocycles. The molecule has 228 valence electrons. The van der Waals surface area contributed by atoms with Crippen molar-refractivity contribution in [3.8, 4) is 11.1 Å². The number of nitrogens with one attached hydrogen (secondary N) is 2. The molecular formula is C32H35F3N4O4. The van der Waals surface area contributed by atoms with E-state index in [4.69, 9.17) is 4.74 Å². The van der Waals surface area contributed by atoms with Gasteiger partial charge in [-0.05, 0) is 88.9 Å². The summed E-state index contributed by atoms with van der Waals surface area (Å²) >= 11 is 0. The van der Waals surface area contributed by atoms with Gasteiger partial charge in [-0.3, -0.25) is 19.9 Å². The van der Waals surface area contributed by atoms with Crippen LogP contribution in [0.4, 0.5) is 35.0 Å². The number of anilines is 3. The summed E-state index contributed by atoms with van der Waals surface area (Å²) in [5.41, 5.74) is 1.22. The van der Waals surface area contributed by atoms with Crippen LogP contribution in [0.3, 0.4) is 0 Å². The number of nitrogens with zero attached hydrogens (tertiary/aromatic N) is 2. The van der Waals surface area contributed by atoms with Crippen molar-refractivity contribution in [1.29, 1.82) is 0 Å². The Bertz CT molecular complexity index is 1520. The molecule has 1 aromatic heterocycles. The van der Waals surface area contributed by atoms with Gasteiger partial charge in [-0.15, -0.1) is 0 Å². The van der Waals surface area contributed by atoms with Gasteiger partial charge in [0.2, 0.25) is 5.91 Å². The zero-order chi connectivity index (χ0) is 31.5. The lowest BCUT2D eigenvalue weighted by Crippen LogP contribution is -2.28. The summed E-state index contributed by atoms with van der Waals surface area (Å²) in [5, 5.41) is 4.89. The highest BCUT2D eigenvalue weighted by Crippen LogP contribution is 2.42. The summed E-state index contributed by atoms with van der Waals surface area (Å²) in [6.07, 6.45) is -4.80. The lowest BCUT2D eigenvalue weighted by Gasteiger charge is -2.26. The average Bonchev–Trinajstić information content (AvgIpc) is 3.42. The standard InChI is InChI=1S/C32H35F3N4O4/c1-19-13-23(14-20(2)36-19)21-9-8-10-22(15-21)28(40)18-29(41)37-25-16-24(32(33,34)35)27(39-11-6-7-12-39)17-26(25)38-30(42)43-31(3,4)5/h8-10,13-17H,6-7,11-12,18H2,1-5H3,(H,37,41)(H,38,42). The van der Waals surface area contributed by atoms with E-state index in [0.29, 0.717) is 13.1 Å². The number of aromatic nitrogens is 1. The monoisotopic (exact) mass is 596 g/mol. The first-order valence-corrected chi connectivity index (χ1v) is 14.0. The third-order valence-corrected chi connectivity index (χ3v) is 6.72. The summed E-state index contributed by atoms with van der Waals surface area (Å²) in [6.45, 7) is 9.52. The highest BCUT2D eigenvalue weighted by atomic mass is 19.4. The van der Waals surface area contributed by atoms with Crippen LogP contribution in [-0.2, 0) is 15.7 Å². The molecule has 4 rings (SSSR count). The molecule has 2 amide bonds. The van der Waals surface area contributed by atoms with Crippen molar-refractivity contribution in [2.24, 2.45) is 0 Å². The van der Waals surface area contributed by atoms with E-state index >= 15 is 0 Å². The Morgan fingerprint density at radius 2 is 1.51 bits per heavy atom. The van der Waals surface area contributed by atoms with Gasteiger partial charge in [-0.25, -0.2) is 4.79 Å². The highest BCUT2D eigenvalue weighted by molar-refractivity contribution is 6.12. The first-order valence-electron chi connectivity index (χ1n) is 14.0. The molecule has 0 radical (unpaired) electrons. The van der Waals surface area contributed by atoms with E-state index in [1.807, 2.05) is 32.0 Å². The molecule has 1 aliphatic heterocycles. The van der Waals surface area contributed by atoms with Gasteiger partial charge >= 0.3 is 12.3 Å². The molecule has 1 fully saturated rings. The predicted octanol–water partition coefficient (Wildman–Crippen LogP) is 7.54. The van der Waals surface area contributed by atoms with E-state index in [-0.39, 0.29) is 22.6 Å². The Balaban J connectivity index is 1.62. The number of aryl methyl sites for hydroxylation is 2. The SMILES string of the molecule is Cc1cc(-c2cccc(C(=O)CC(=O)Nc3cc(C(F)(F)F)c(N4CCCC4)cc3NC(=O)OC(C)(C)C)c2)cc(C)n1. The summed E-state index contributed by atoms with van der Waals surface area (Å²) in [5.74, 6) is -1.35. The number of Topliss-reactive ketones (excluding diaryl/α,β-unsaturated/α-hetero) is 1. The van der Waals surface area contributed by atoms with Crippen molar-refractivity contribution in [2.45, 2.75) is 65.7 Å². The maximum atomic E-state index is 14.2. The van der Waals surface area contributed by atoms with Gasteiger partial charge in [-0.2, -0.15) is 13.2 Å². The van der Waals surface area contributed by atoms with Crippen LogP contribution in [-0.4, -0.2) is 41.5 Å². The molecule has 0 aliphatic carbocycles. The zero-order valence-corrected chi connectivity index (χ0v) is 24.8. The van der Waals surface area contributed by atoms with Crippen LogP contribution in [0.2, 0.25) is 0 Å². The number of rotatable bonds is 7. The number of carbonyl (C=O) groups is 3. The van der Waals surface area contributed by atoms with E-state index < -0.39 is 41.5 Å². The van der Waals surface area contributed by atoms with Gasteiger partial charge in [-0.1, -0.05) is 18.2 Å². The van der Waals surface area contributed by atoms with E-state index in [1.54, 1.807) is 43.9 Å². The molecule has 0 unspecified atom stereocenters. The molecule has 3 aromatic rings. The summed E-state index contributed by atoms with van der Waals surface area (Å²) in [6, 6.07) is 12.5. The molecule has 0 saturated carbocycles. The van der Waals surface area contributed by atoms with Crippen LogP contribution in [0.15, 0.2) is 48.5 Å². The fraction of sp³-hybridized carbons (Fsp3) is 0.375. The number of benzene rings is 2. The fourth-order valence-corrected chi connectivity index (χ4v) is 4.97. The Hall–Kier alpha value is -4.41. The molecule has 0 atom stereocenters. The predicted molar refractivity (Wildman–Crippen MR) is 159 cm³/mol. The Morgan fingerprint density at radius 1 is 0.884 bits per heavy atom. The Kier molecular flexibility index (Phi) is 9.12. The highest BCUT2D eigenvalue weighted by Gasteiger charge is 2.37. The number of amides is 2. The molecule has 2 heterocycles. The maximum Gasteiger partial charge on any atom is 0.418 e. The molecule has 0 spiro atoms. The summed E-state index contributed by atoms with van der Waals surface area (Å²) in [4.78, 5) is 44.7. The lowest BCUT2D eigenvalue weighted by atomic mass is 9.99. The smallest absolute Gasteiger partial charge is 0.418 e. The topological polar surface area (TPSA) is 101 Å². The van der Waals surface area contributed by atoms with Gasteiger partial charge in [0.15, 0.2) is 5.78 Å². The Morgan fingerprint density at radius 3 is 2.12 bits per heavy atom. The van der Waals surface area contributed by atoms with Gasteiger partial charge in [0.05, 0.1) is 29.0 Å². The minimum absolute atomic E-state index is 0.0737. The fourth-order valence-electron chi connectivity index (χ4n) is 4.97. The van der Waals surface area contributed by atoms with E-state index in [2.05, 4.69) is 15.6 Å². The number of alkyl halides is 3. The van der Waals surface area contributed by atoms with Crippen LogP contribution in [0.25, 0.3) is 11.1 Å². The third kappa shape index (κ3) is 8.33. The quantitative estimate of drug-likeness (QED) is 0.216. The van der Waals surface area contributed by atoms with Crippen LogP contribution >= 0.6 is 0 Å². The van der Waals surface area contributed by atoms with Crippen molar-refractivity contribution < 1.29 is 32.3 Å². The number of carbonyl (C=O) groups excluding carboxylic acids is 3. The Labute approximate surface area is 248 Å². The van der Waals surface area contributed by atoms with Gasteiger partial charge in [0.25, 0.3) is 0 Å². The van der Waals surface area contributed by atoms with Crippen LogP contribution in [0, 0.1) is 13.8 Å². The number of hydrogen-bond acceptors (Lipinski definition) is 6. The first-order chi connectivity index (χ1) is 20.1. The van der Waals surface area contributed by atoms with Crippen molar-refractivity contribution in [3.05, 3.63) is 71.0 Å². The number of ketones is 1. The molecule has 0 bridgehead atoms. The zero-order valence-electron chi connectivity index (χ0n) is 24.8. The second-order valence-corrected chi connectivity index (χ2v) is 11.6. The molecule has 2 N–H and O–H groups in total. The maximum absolute atomic E-state index is 14.2. The number of pyridine rings is 1. The summed E-state index contributed by atoms with van der Waals surface area (Å²) < 4.78 is 47.8. The third-order valence-electron chi connectivity index (χ3n) is 6.72. The van der Waals surface area contributed by atoms with E-state index in [9.17, 15) is 27.6 Å². The van der Waals surface area contributed by atoms with Crippen LogP contribution in [0.5, 0.6) is 0 Å². The normalized spacial score (nSPS) is 13.5. The molecule has 2 aromatic carbocycles. The molecule has 1 aliphatic rings. The minimum Gasteiger partial charge on any atom is -0.444 e. The van der Waals surface area contributed by atoms with Crippen molar-refractivity contribution in [3.63, 3.8) is 0 Å². The molecule has 43 heavy (non-hydrogen) atoms. The van der Waals surface area contributed by atoms with E-state index in [0.717, 1.165) is 41.4 Å². The minimum atomic E-state index is -4.73. The molecular weight excluding hydrogens is 561 g/mol. The lowest BCUT2D eigenvalue weighted by molar-refractivity contribution is -0.137.